The molecule has 0 unspecified atom stereocenters. The number of nitrogens with zero attached hydrogens (tertiary/aromatic N) is 1. The number of halogens is 3. The minimum atomic E-state index is -4.65. The van der Waals surface area contributed by atoms with E-state index in [0.717, 1.165) is 16.0 Å². The van der Waals surface area contributed by atoms with E-state index < -0.39 is 43.0 Å². The Labute approximate surface area is 143 Å². The van der Waals surface area contributed by atoms with Crippen LogP contribution >= 0.6 is 0 Å². The van der Waals surface area contributed by atoms with Crippen molar-refractivity contribution in [3.8, 4) is 5.75 Å². The Morgan fingerprint density at radius 1 is 1.20 bits per heavy atom. The standard InChI is InChI=1S/C17H20F3NO4/c1-10-5-11(2)7-12(6-10)25-4-3-15(22)21-8-13(16(23)24)14(9-21)17(18,19)20/h5-7,13-14H,3-4,8-9H2,1-2H3,(H,23,24)/t13-,14-/m1/s1. The van der Waals surface area contributed by atoms with E-state index in [0.29, 0.717) is 5.75 Å². The summed E-state index contributed by atoms with van der Waals surface area (Å²) in [5.41, 5.74) is 2.00. The van der Waals surface area contributed by atoms with Gasteiger partial charge >= 0.3 is 12.1 Å². The average Bonchev–Trinajstić information content (AvgIpc) is 2.91. The van der Waals surface area contributed by atoms with Crippen LogP contribution in [0, 0.1) is 25.7 Å². The van der Waals surface area contributed by atoms with E-state index >= 15 is 0 Å². The van der Waals surface area contributed by atoms with Crippen LogP contribution in [0.1, 0.15) is 17.5 Å². The molecule has 0 radical (unpaired) electrons. The average molecular weight is 359 g/mol. The first-order valence-electron chi connectivity index (χ1n) is 7.86. The molecule has 25 heavy (non-hydrogen) atoms. The molecule has 1 aliphatic rings. The largest absolute Gasteiger partial charge is 0.493 e. The molecule has 0 saturated carbocycles. The lowest BCUT2D eigenvalue weighted by molar-refractivity contribution is -0.188. The van der Waals surface area contributed by atoms with Gasteiger partial charge in [-0.15, -0.1) is 0 Å². The monoisotopic (exact) mass is 359 g/mol. The topological polar surface area (TPSA) is 66.8 Å². The Hall–Kier alpha value is -2.25. The summed E-state index contributed by atoms with van der Waals surface area (Å²) >= 11 is 0. The third-order valence-corrected chi connectivity index (χ3v) is 4.19. The first kappa shape index (κ1) is 19.1. The number of carboxylic acid groups (broad SMARTS) is 1. The van der Waals surface area contributed by atoms with Gasteiger partial charge in [-0.3, -0.25) is 9.59 Å². The summed E-state index contributed by atoms with van der Waals surface area (Å²) in [4.78, 5) is 24.1. The lowest BCUT2D eigenvalue weighted by Crippen LogP contribution is -2.34. The van der Waals surface area contributed by atoms with E-state index in [1.54, 1.807) is 12.1 Å². The van der Waals surface area contributed by atoms with Crippen molar-refractivity contribution in [2.45, 2.75) is 26.4 Å². The van der Waals surface area contributed by atoms with Crippen LogP contribution in [0.3, 0.4) is 0 Å². The van der Waals surface area contributed by atoms with E-state index in [-0.39, 0.29) is 13.0 Å². The molecule has 0 spiro atoms. The molecule has 1 N–H and O–H groups in total. The first-order chi connectivity index (χ1) is 11.6. The number of carbonyl (C=O) groups excluding carboxylic acids is 1. The predicted octanol–water partition coefficient (Wildman–Crippen LogP) is 2.79. The van der Waals surface area contributed by atoms with Crippen molar-refractivity contribution in [3.63, 3.8) is 0 Å². The van der Waals surface area contributed by atoms with Gasteiger partial charge in [0.25, 0.3) is 0 Å². The number of aryl methyl sites for hydroxylation is 2. The third-order valence-electron chi connectivity index (χ3n) is 4.19. The maximum absolute atomic E-state index is 12.9. The molecule has 0 aromatic heterocycles. The first-order valence-corrected chi connectivity index (χ1v) is 7.86. The van der Waals surface area contributed by atoms with Gasteiger partial charge in [-0.25, -0.2) is 0 Å². The van der Waals surface area contributed by atoms with E-state index in [9.17, 15) is 22.8 Å². The zero-order chi connectivity index (χ0) is 18.8. The van der Waals surface area contributed by atoms with Crippen molar-refractivity contribution in [1.29, 1.82) is 0 Å². The lowest BCUT2D eigenvalue weighted by atomic mass is 9.96. The lowest BCUT2D eigenvalue weighted by Gasteiger charge is -2.18. The van der Waals surface area contributed by atoms with Crippen LogP contribution in [0.15, 0.2) is 18.2 Å². The molecule has 1 aliphatic heterocycles. The van der Waals surface area contributed by atoms with E-state index in [4.69, 9.17) is 9.84 Å². The molecule has 1 aromatic carbocycles. The van der Waals surface area contributed by atoms with Gasteiger partial charge in [-0.2, -0.15) is 13.2 Å². The smallest absolute Gasteiger partial charge is 0.394 e. The summed E-state index contributed by atoms with van der Waals surface area (Å²) < 4.78 is 44.3. The molecule has 1 aromatic rings. The molecule has 8 heteroatoms. The molecular formula is C17H20F3NO4. The number of carbonyl (C=O) groups is 2. The zero-order valence-corrected chi connectivity index (χ0v) is 14.0. The second kappa shape index (κ2) is 7.33. The Balaban J connectivity index is 1.91. The highest BCUT2D eigenvalue weighted by atomic mass is 19.4. The number of rotatable bonds is 5. The van der Waals surface area contributed by atoms with Crippen molar-refractivity contribution in [2.24, 2.45) is 11.8 Å². The third kappa shape index (κ3) is 4.87. The Morgan fingerprint density at radius 3 is 2.28 bits per heavy atom. The van der Waals surface area contributed by atoms with Gasteiger partial charge in [0.05, 0.1) is 24.9 Å². The summed E-state index contributed by atoms with van der Waals surface area (Å²) in [6, 6.07) is 5.56. The fourth-order valence-corrected chi connectivity index (χ4v) is 3.02. The van der Waals surface area contributed by atoms with E-state index in [1.165, 1.54) is 0 Å². The summed E-state index contributed by atoms with van der Waals surface area (Å²) in [6.07, 6.45) is -4.75. The van der Waals surface area contributed by atoms with Gasteiger partial charge in [0.2, 0.25) is 5.91 Å². The molecule has 1 saturated heterocycles. The number of amides is 1. The molecule has 138 valence electrons. The van der Waals surface area contributed by atoms with Crippen LogP contribution in [0.2, 0.25) is 0 Å². The molecule has 5 nitrogen and oxygen atoms in total. The number of likely N-dealkylation sites (tertiary alicyclic amines) is 1. The number of ether oxygens (including phenoxy) is 1. The molecule has 0 aliphatic carbocycles. The maximum Gasteiger partial charge on any atom is 0.394 e. The second-order valence-corrected chi connectivity index (χ2v) is 6.31. The number of hydrogen-bond acceptors (Lipinski definition) is 3. The van der Waals surface area contributed by atoms with Crippen LogP contribution in [-0.4, -0.2) is 47.8 Å². The Bertz CT molecular complexity index is 640. The zero-order valence-electron chi connectivity index (χ0n) is 14.0. The van der Waals surface area contributed by atoms with Crippen molar-refractivity contribution in [1.82, 2.24) is 4.90 Å². The molecular weight excluding hydrogens is 339 g/mol. The molecule has 2 atom stereocenters. The van der Waals surface area contributed by atoms with Gasteiger partial charge in [0.15, 0.2) is 0 Å². The summed E-state index contributed by atoms with van der Waals surface area (Å²) in [6.45, 7) is 2.77. The predicted molar refractivity (Wildman–Crippen MR) is 83.3 cm³/mol. The summed E-state index contributed by atoms with van der Waals surface area (Å²) in [5.74, 6) is -5.15. The highest BCUT2D eigenvalue weighted by molar-refractivity contribution is 5.79. The van der Waals surface area contributed by atoms with E-state index in [2.05, 4.69) is 0 Å². The molecule has 2 rings (SSSR count). The van der Waals surface area contributed by atoms with Gasteiger partial charge in [-0.05, 0) is 37.1 Å². The normalized spacial score (nSPS) is 20.6. The number of carboxylic acids is 1. The highest BCUT2D eigenvalue weighted by Crippen LogP contribution is 2.37. The number of benzene rings is 1. The van der Waals surface area contributed by atoms with Crippen LogP contribution in [-0.2, 0) is 9.59 Å². The highest BCUT2D eigenvalue weighted by Gasteiger charge is 2.53. The molecule has 1 amide bonds. The van der Waals surface area contributed by atoms with Gasteiger partial charge < -0.3 is 14.7 Å². The quantitative estimate of drug-likeness (QED) is 0.878. The second-order valence-electron chi connectivity index (χ2n) is 6.31. The molecule has 1 fully saturated rings. The van der Waals surface area contributed by atoms with Crippen molar-refractivity contribution in [2.75, 3.05) is 19.7 Å². The number of aliphatic carboxylic acids is 1. The van der Waals surface area contributed by atoms with Crippen molar-refractivity contribution >= 4 is 11.9 Å². The summed E-state index contributed by atoms with van der Waals surface area (Å²) in [7, 11) is 0. The van der Waals surface area contributed by atoms with Gasteiger partial charge in [-0.1, -0.05) is 6.07 Å². The van der Waals surface area contributed by atoms with Gasteiger partial charge in [0.1, 0.15) is 5.75 Å². The SMILES string of the molecule is Cc1cc(C)cc(OCCC(=O)N2C[C@@H](C(F)(F)F)[C@H](C(=O)O)C2)c1. The van der Waals surface area contributed by atoms with Crippen molar-refractivity contribution < 1.29 is 32.6 Å². The van der Waals surface area contributed by atoms with Crippen molar-refractivity contribution in [3.05, 3.63) is 29.3 Å². The molecule has 1 heterocycles. The Morgan fingerprint density at radius 2 is 1.80 bits per heavy atom. The minimum Gasteiger partial charge on any atom is -0.493 e. The summed E-state index contributed by atoms with van der Waals surface area (Å²) in [5, 5.41) is 8.96. The minimum absolute atomic E-state index is 0.0205. The molecule has 0 bridgehead atoms. The van der Waals surface area contributed by atoms with E-state index in [1.807, 2.05) is 19.9 Å². The van der Waals surface area contributed by atoms with Crippen LogP contribution < -0.4 is 4.74 Å². The van der Waals surface area contributed by atoms with Crippen LogP contribution in [0.5, 0.6) is 5.75 Å². The number of alkyl halides is 3. The van der Waals surface area contributed by atoms with Crippen LogP contribution in [0.25, 0.3) is 0 Å². The fraction of sp³-hybridized carbons (Fsp3) is 0.529. The van der Waals surface area contributed by atoms with Crippen LogP contribution in [0.4, 0.5) is 13.2 Å². The maximum atomic E-state index is 12.9. The number of hydrogen-bond donors (Lipinski definition) is 1. The fourth-order valence-electron chi connectivity index (χ4n) is 3.02. The Kier molecular flexibility index (Phi) is 5.59. The van der Waals surface area contributed by atoms with Gasteiger partial charge in [0, 0.05) is 13.1 Å².